The molecule has 3 fully saturated rings. The molecule has 1 aromatic heterocycles. The highest BCUT2D eigenvalue weighted by Crippen LogP contribution is 2.66. The molecule has 0 spiro atoms. The second kappa shape index (κ2) is 25.9. The second-order valence-corrected chi connectivity index (χ2v) is 20.4. The lowest BCUT2D eigenvalue weighted by atomic mass is 10.0. The molecular weight excluding hydrogens is 971 g/mol. The average molecular weight is 1030 g/mol. The molecule has 376 valence electrons. The van der Waals surface area contributed by atoms with Crippen LogP contribution in [0.2, 0.25) is 0 Å². The van der Waals surface area contributed by atoms with Crippen LogP contribution in [0.15, 0.2) is 6.33 Å². The van der Waals surface area contributed by atoms with Gasteiger partial charge in [0.2, 0.25) is 11.8 Å². The van der Waals surface area contributed by atoms with E-state index >= 15 is 0 Å². The summed E-state index contributed by atoms with van der Waals surface area (Å²) in [7, 11) is -17.2. The third kappa shape index (κ3) is 18.6. The van der Waals surface area contributed by atoms with Gasteiger partial charge >= 0.3 is 35.5 Å². The van der Waals surface area contributed by atoms with Gasteiger partial charge in [0.15, 0.2) is 11.9 Å². The maximum Gasteiger partial charge on any atom is 0.490 e. The molecule has 0 saturated carbocycles. The lowest BCUT2D eigenvalue weighted by Crippen LogP contribution is -2.38. The smallest absolute Gasteiger partial charge is 0.387 e. The van der Waals surface area contributed by atoms with Gasteiger partial charge in [0.05, 0.1) is 64.7 Å². The zero-order chi connectivity index (χ0) is 48.7. The number of aliphatic hydroxyl groups is 2. The number of carbonyl (C=O) groups excluding carboxylic acids is 5. The van der Waals surface area contributed by atoms with Gasteiger partial charge in [0.25, 0.3) is 5.91 Å². The van der Waals surface area contributed by atoms with E-state index in [1.54, 1.807) is 0 Å². The van der Waals surface area contributed by atoms with E-state index in [9.17, 15) is 57.7 Å². The van der Waals surface area contributed by atoms with Crippen molar-refractivity contribution in [1.82, 2.24) is 36.1 Å². The zero-order valence-corrected chi connectivity index (χ0v) is 38.8. The molecule has 10 atom stereocenters. The number of rotatable bonds is 30. The number of aliphatic hydroxyl groups excluding tert-OH is 2. The number of urea groups is 2. The van der Waals surface area contributed by atoms with E-state index in [0.29, 0.717) is 38.0 Å². The maximum atomic E-state index is 13.2. The van der Waals surface area contributed by atoms with Gasteiger partial charge in [0, 0.05) is 43.0 Å². The van der Waals surface area contributed by atoms with Gasteiger partial charge in [-0.3, -0.25) is 28.8 Å². The molecule has 4 rings (SSSR count). The lowest BCUT2D eigenvalue weighted by molar-refractivity contribution is -0.122. The first-order chi connectivity index (χ1) is 31.0. The van der Waals surface area contributed by atoms with Crippen LogP contribution < -0.4 is 37.6 Å². The Morgan fingerprint density at radius 3 is 2.20 bits per heavy atom. The number of hydrogen-bond acceptors (Lipinski definition) is 19. The molecule has 66 heavy (non-hydrogen) atoms. The van der Waals surface area contributed by atoms with Crippen molar-refractivity contribution in [2.24, 2.45) is 5.73 Å². The molecule has 3 aliphatic heterocycles. The first-order valence-electron chi connectivity index (χ1n) is 20.2. The summed E-state index contributed by atoms with van der Waals surface area (Å²) in [6, 6.07) is -1.76. The maximum absolute atomic E-state index is 13.2. The monoisotopic (exact) mass is 1030 g/mol. The minimum Gasteiger partial charge on any atom is -0.387 e. The van der Waals surface area contributed by atoms with Gasteiger partial charge in [-0.2, -0.15) is 20.4 Å². The second-order valence-electron chi connectivity index (χ2n) is 14.8. The van der Waals surface area contributed by atoms with Crippen molar-refractivity contribution >= 4 is 70.8 Å². The van der Waals surface area contributed by atoms with Gasteiger partial charge in [-0.25, -0.2) is 28.3 Å². The van der Waals surface area contributed by atoms with Gasteiger partial charge in [-0.05, 0) is 19.8 Å². The summed E-state index contributed by atoms with van der Waals surface area (Å²) < 4.78 is 68.9. The topological polar surface area (TPSA) is 439 Å². The van der Waals surface area contributed by atoms with Crippen molar-refractivity contribution in [3.05, 3.63) is 12.0 Å². The van der Waals surface area contributed by atoms with Crippen molar-refractivity contribution in [3.63, 3.8) is 0 Å². The standard InChI is InChI=1S/C32H56N9O21P3S/c1-18(14-23(43)35-7-9-57-11-13-58-12-10-56-8-6-34-22(42)5-3-2-4-21-24-19(16-66-21)38-32(48)39-24)37-29(46)25-28(40-31(33)47)41(17-36-25)30-27(45)26(44)20(60-30)15-59-64(52,53)62-65(54,55)61-63(49,50)51/h17-21,24,26-27,30,44-45H,2-16H2,1H3,(H,34,42)(H,35,43)(H,37,46)(H,52,53)(H,54,55)(H3,33,40,47)(H2,38,39,48)(H2,49,50,51)/t18-,19+,20+,21-,24+,26?,27?,30+/m0/s1. The van der Waals surface area contributed by atoms with Gasteiger partial charge in [-0.1, -0.05) is 6.42 Å². The van der Waals surface area contributed by atoms with Crippen LogP contribution in [0.1, 0.15) is 55.7 Å². The Bertz CT molecular complexity index is 1970. The number of fused-ring (bicyclic) bond motifs is 1. The number of phosphoric acid groups is 3. The third-order valence-corrected chi connectivity index (χ3v) is 14.8. The number of nitrogens with zero attached hydrogens (tertiary/aromatic N) is 2. The summed E-state index contributed by atoms with van der Waals surface area (Å²) >= 11 is 1.85. The van der Waals surface area contributed by atoms with Crippen molar-refractivity contribution < 1.29 is 99.5 Å². The Kier molecular flexibility index (Phi) is 21.7. The number of aromatic nitrogens is 2. The summed E-state index contributed by atoms with van der Waals surface area (Å²) in [5.74, 6) is -0.963. The van der Waals surface area contributed by atoms with E-state index in [1.807, 2.05) is 11.8 Å². The average Bonchev–Trinajstić information content (AvgIpc) is 3.95. The number of imidazole rings is 1. The van der Waals surface area contributed by atoms with E-state index in [4.69, 9.17) is 34.5 Å². The van der Waals surface area contributed by atoms with E-state index in [0.717, 1.165) is 35.9 Å². The molecule has 0 aromatic carbocycles. The van der Waals surface area contributed by atoms with Gasteiger partial charge in [0.1, 0.15) is 24.1 Å². The molecule has 0 aliphatic carbocycles. The fraction of sp³-hybridized carbons (Fsp3) is 0.750. The molecule has 3 saturated heterocycles. The number of nitrogens with two attached hydrogens (primary N) is 1. The first-order valence-corrected chi connectivity index (χ1v) is 25.8. The predicted molar refractivity (Wildman–Crippen MR) is 225 cm³/mol. The molecule has 3 aliphatic rings. The number of thioether (sulfide) groups is 1. The zero-order valence-electron chi connectivity index (χ0n) is 35.3. The number of anilines is 1. The molecule has 0 radical (unpaired) electrons. The van der Waals surface area contributed by atoms with Crippen molar-refractivity contribution in [2.75, 3.05) is 70.4 Å². The Hall–Kier alpha value is -3.32. The third-order valence-electron chi connectivity index (χ3n) is 9.51. The Balaban J connectivity index is 1.05. The highest BCUT2D eigenvalue weighted by molar-refractivity contribution is 8.00. The van der Waals surface area contributed by atoms with E-state index in [1.165, 1.54) is 6.92 Å². The lowest BCUT2D eigenvalue weighted by Gasteiger charge is -2.20. The number of nitrogens with one attached hydrogen (secondary N) is 6. The van der Waals surface area contributed by atoms with Crippen LogP contribution in [-0.4, -0.2) is 176 Å². The summed E-state index contributed by atoms with van der Waals surface area (Å²) in [4.78, 5) is 101. The van der Waals surface area contributed by atoms with Crippen molar-refractivity contribution in [2.45, 2.75) is 86.9 Å². The van der Waals surface area contributed by atoms with Crippen molar-refractivity contribution in [3.8, 4) is 0 Å². The summed E-state index contributed by atoms with van der Waals surface area (Å²) in [5, 5.41) is 37.5. The molecular formula is C32H56N9O21P3S. The van der Waals surface area contributed by atoms with Crippen LogP contribution in [0.25, 0.3) is 0 Å². The highest BCUT2D eigenvalue weighted by atomic mass is 32.2. The Morgan fingerprint density at radius 2 is 1.56 bits per heavy atom. The van der Waals surface area contributed by atoms with Gasteiger partial charge in [-0.15, -0.1) is 0 Å². The fourth-order valence-corrected chi connectivity index (χ4v) is 11.2. The minimum atomic E-state index is -5.85. The van der Waals surface area contributed by atoms with Crippen LogP contribution in [0, 0.1) is 0 Å². The number of amides is 7. The molecule has 14 N–H and O–H groups in total. The number of ether oxygens (including phenoxy) is 4. The van der Waals surface area contributed by atoms with Crippen LogP contribution in [0.5, 0.6) is 0 Å². The normalized spacial score (nSPS) is 24.9. The molecule has 7 amide bonds. The summed E-state index contributed by atoms with van der Waals surface area (Å²) in [6.07, 6.45) is -3.48. The first kappa shape index (κ1) is 55.3. The molecule has 1 aromatic rings. The van der Waals surface area contributed by atoms with Crippen LogP contribution in [0.4, 0.5) is 15.4 Å². The summed E-state index contributed by atoms with van der Waals surface area (Å²) in [6.45, 7) is 2.49. The number of primary amides is 1. The Morgan fingerprint density at radius 1 is 0.924 bits per heavy atom. The molecule has 4 unspecified atom stereocenters. The largest absolute Gasteiger partial charge is 0.490 e. The van der Waals surface area contributed by atoms with E-state index in [2.05, 4.69) is 50.0 Å². The molecule has 0 bridgehead atoms. The van der Waals surface area contributed by atoms with Crippen molar-refractivity contribution in [1.29, 1.82) is 0 Å². The quantitative estimate of drug-likeness (QED) is 0.0222. The number of phosphoric ester groups is 1. The molecule has 30 nitrogen and oxygen atoms in total. The fourth-order valence-electron chi connectivity index (χ4n) is 6.65. The van der Waals surface area contributed by atoms with E-state index in [-0.39, 0.29) is 56.8 Å². The number of unbranched alkanes of at least 4 members (excludes halogenated alkanes) is 1. The molecule has 4 heterocycles. The molecule has 34 heteroatoms. The Labute approximate surface area is 380 Å². The minimum absolute atomic E-state index is 0.0400. The number of hydrogen-bond donors (Lipinski definition) is 13. The van der Waals surface area contributed by atoms with Gasteiger partial charge < -0.3 is 81.1 Å². The SMILES string of the molecule is C[C@@H](CC(=O)NCCOCCOCCOCCNC(=O)CCCC[C@@H]1SC[C@H]2NC(=O)N[C@@H]12)NC(=O)c1ncn([C@@H]2O[C@H](COP(=O)(O)OP(=O)(O)OP(=O)(O)O)C(O)C2O)c1NC(N)=O. The predicted octanol–water partition coefficient (Wildman–Crippen LogP) is -2.15. The summed E-state index contributed by atoms with van der Waals surface area (Å²) in [5.41, 5.74) is 4.78. The van der Waals surface area contributed by atoms with Crippen LogP contribution in [-0.2, 0) is 55.4 Å². The number of carbonyl (C=O) groups is 5. The van der Waals surface area contributed by atoms with E-state index < -0.39 is 90.0 Å². The van der Waals surface area contributed by atoms with Crippen LogP contribution in [0.3, 0.4) is 0 Å². The van der Waals surface area contributed by atoms with Crippen LogP contribution >= 0.6 is 35.2 Å². The highest BCUT2D eigenvalue weighted by Gasteiger charge is 2.48.